The lowest BCUT2D eigenvalue weighted by Gasteiger charge is -2.32. The zero-order valence-electron chi connectivity index (χ0n) is 18.7. The van der Waals surface area contributed by atoms with Gasteiger partial charge in [0.15, 0.2) is 0 Å². The molecule has 1 atom stereocenters. The van der Waals surface area contributed by atoms with E-state index in [4.69, 9.17) is 4.42 Å². The van der Waals surface area contributed by atoms with Gasteiger partial charge in [-0.2, -0.15) is 0 Å². The Morgan fingerprint density at radius 3 is 2.73 bits per heavy atom. The standard InChI is InChI=1S/C26H26N4O2S/c1-17-5-3-4-6-22(17)26-29-28-25(32-26)20-9-7-19(8-10-20)24(31)27-15-18(2)30-13-11-23-21(16-30)12-14-33-23/h3-10,12,14,18H,11,13,15-16H2,1-2H3,(H,27,31). The number of nitrogens with zero attached hydrogens (tertiary/aromatic N) is 3. The number of fused-ring (bicyclic) bond motifs is 1. The van der Waals surface area contributed by atoms with Gasteiger partial charge in [-0.05, 0) is 73.2 Å². The molecule has 168 valence electrons. The van der Waals surface area contributed by atoms with Crippen LogP contribution in [-0.4, -0.2) is 40.1 Å². The first-order valence-electron chi connectivity index (χ1n) is 11.2. The first-order chi connectivity index (χ1) is 16.1. The highest BCUT2D eigenvalue weighted by atomic mass is 32.1. The van der Waals surface area contributed by atoms with Crippen LogP contribution in [0.1, 0.15) is 33.3 Å². The van der Waals surface area contributed by atoms with Gasteiger partial charge in [-0.3, -0.25) is 9.69 Å². The van der Waals surface area contributed by atoms with Gasteiger partial charge in [0.2, 0.25) is 11.8 Å². The van der Waals surface area contributed by atoms with Crippen LogP contribution in [0, 0.1) is 6.92 Å². The summed E-state index contributed by atoms with van der Waals surface area (Å²) in [4.78, 5) is 16.6. The molecule has 0 spiro atoms. The normalized spacial score (nSPS) is 14.6. The Morgan fingerprint density at radius 1 is 1.12 bits per heavy atom. The maximum absolute atomic E-state index is 12.7. The highest BCUT2D eigenvalue weighted by Crippen LogP contribution is 2.27. The van der Waals surface area contributed by atoms with E-state index < -0.39 is 0 Å². The van der Waals surface area contributed by atoms with Crippen LogP contribution in [0.2, 0.25) is 0 Å². The summed E-state index contributed by atoms with van der Waals surface area (Å²) in [5.41, 5.74) is 4.82. The number of aromatic nitrogens is 2. The van der Waals surface area contributed by atoms with Crippen molar-refractivity contribution in [3.05, 3.63) is 81.5 Å². The monoisotopic (exact) mass is 458 g/mol. The van der Waals surface area contributed by atoms with Crippen molar-refractivity contribution in [3.63, 3.8) is 0 Å². The number of thiophene rings is 1. The lowest BCUT2D eigenvalue weighted by Crippen LogP contribution is -2.44. The topological polar surface area (TPSA) is 71.3 Å². The number of carbonyl (C=O) groups is 1. The molecule has 33 heavy (non-hydrogen) atoms. The second-order valence-electron chi connectivity index (χ2n) is 8.45. The van der Waals surface area contributed by atoms with Crippen LogP contribution in [0.4, 0.5) is 0 Å². The summed E-state index contributed by atoms with van der Waals surface area (Å²) >= 11 is 1.84. The van der Waals surface area contributed by atoms with E-state index in [0.29, 0.717) is 23.9 Å². The Kier molecular flexibility index (Phi) is 6.07. The molecule has 5 rings (SSSR count). The molecule has 1 N–H and O–H groups in total. The van der Waals surface area contributed by atoms with Crippen molar-refractivity contribution < 1.29 is 9.21 Å². The molecule has 1 unspecified atom stereocenters. The molecule has 3 heterocycles. The van der Waals surface area contributed by atoms with E-state index in [9.17, 15) is 4.79 Å². The van der Waals surface area contributed by atoms with Crippen LogP contribution >= 0.6 is 11.3 Å². The first kappa shape index (κ1) is 21.6. The molecule has 0 saturated carbocycles. The Balaban J connectivity index is 1.19. The number of hydrogen-bond donors (Lipinski definition) is 1. The molecule has 0 fully saturated rings. The van der Waals surface area contributed by atoms with Crippen LogP contribution in [0.3, 0.4) is 0 Å². The molecule has 0 bridgehead atoms. The molecule has 4 aromatic rings. The molecule has 0 saturated heterocycles. The quantitative estimate of drug-likeness (QED) is 0.443. The van der Waals surface area contributed by atoms with Gasteiger partial charge in [0.25, 0.3) is 5.91 Å². The van der Waals surface area contributed by atoms with Gasteiger partial charge in [0.05, 0.1) is 0 Å². The first-order valence-corrected chi connectivity index (χ1v) is 12.0. The number of rotatable bonds is 6. The molecule has 2 aromatic carbocycles. The van der Waals surface area contributed by atoms with Crippen molar-refractivity contribution in [1.29, 1.82) is 0 Å². The highest BCUT2D eigenvalue weighted by Gasteiger charge is 2.22. The van der Waals surface area contributed by atoms with Gasteiger partial charge in [0.1, 0.15) is 0 Å². The number of benzene rings is 2. The van der Waals surface area contributed by atoms with E-state index in [2.05, 4.69) is 38.8 Å². The Bertz CT molecular complexity index is 1260. The van der Waals surface area contributed by atoms with Crippen molar-refractivity contribution >= 4 is 17.2 Å². The van der Waals surface area contributed by atoms with E-state index in [1.165, 1.54) is 10.4 Å². The zero-order valence-corrected chi connectivity index (χ0v) is 19.6. The third-order valence-electron chi connectivity index (χ3n) is 6.21. The lowest BCUT2D eigenvalue weighted by molar-refractivity contribution is 0.0932. The van der Waals surface area contributed by atoms with Crippen LogP contribution < -0.4 is 5.32 Å². The van der Waals surface area contributed by atoms with Gasteiger partial charge in [-0.15, -0.1) is 21.5 Å². The van der Waals surface area contributed by atoms with E-state index in [0.717, 1.165) is 36.2 Å². The van der Waals surface area contributed by atoms with Crippen LogP contribution in [0.25, 0.3) is 22.9 Å². The van der Waals surface area contributed by atoms with Gasteiger partial charge < -0.3 is 9.73 Å². The predicted octanol–water partition coefficient (Wildman–Crippen LogP) is 4.95. The van der Waals surface area contributed by atoms with Crippen LogP contribution in [-0.2, 0) is 13.0 Å². The molecular formula is C26H26N4O2S. The molecule has 2 aromatic heterocycles. The van der Waals surface area contributed by atoms with E-state index >= 15 is 0 Å². The average Bonchev–Trinajstić information content (AvgIpc) is 3.52. The van der Waals surface area contributed by atoms with Gasteiger partial charge in [-0.1, -0.05) is 18.2 Å². The smallest absolute Gasteiger partial charge is 0.251 e. The fraction of sp³-hybridized carbons (Fsp3) is 0.269. The maximum atomic E-state index is 12.7. The minimum absolute atomic E-state index is 0.0761. The van der Waals surface area contributed by atoms with Crippen molar-refractivity contribution in [1.82, 2.24) is 20.4 Å². The number of amides is 1. The molecule has 1 amide bonds. The van der Waals surface area contributed by atoms with Crippen molar-refractivity contribution in [2.75, 3.05) is 13.1 Å². The van der Waals surface area contributed by atoms with E-state index in [-0.39, 0.29) is 11.9 Å². The minimum Gasteiger partial charge on any atom is -0.416 e. The number of aryl methyl sites for hydroxylation is 1. The van der Waals surface area contributed by atoms with Crippen LogP contribution in [0.5, 0.6) is 0 Å². The molecule has 0 aliphatic carbocycles. The fourth-order valence-corrected chi connectivity index (χ4v) is 5.03. The summed E-state index contributed by atoms with van der Waals surface area (Å²) in [7, 11) is 0. The minimum atomic E-state index is -0.0761. The Morgan fingerprint density at radius 2 is 1.91 bits per heavy atom. The summed E-state index contributed by atoms with van der Waals surface area (Å²) in [5, 5.41) is 13.6. The largest absolute Gasteiger partial charge is 0.416 e. The fourth-order valence-electron chi connectivity index (χ4n) is 4.14. The molecule has 7 heteroatoms. The third kappa shape index (κ3) is 4.60. The lowest BCUT2D eigenvalue weighted by atomic mass is 10.1. The summed E-state index contributed by atoms with van der Waals surface area (Å²) in [6.45, 7) is 6.79. The second kappa shape index (κ2) is 9.29. The van der Waals surface area contributed by atoms with Crippen molar-refractivity contribution in [2.24, 2.45) is 0 Å². The number of nitrogens with one attached hydrogen (secondary N) is 1. The second-order valence-corrected chi connectivity index (χ2v) is 9.45. The molecule has 1 aliphatic rings. The maximum Gasteiger partial charge on any atom is 0.251 e. The van der Waals surface area contributed by atoms with E-state index in [1.54, 1.807) is 12.1 Å². The molecule has 6 nitrogen and oxygen atoms in total. The number of hydrogen-bond acceptors (Lipinski definition) is 6. The third-order valence-corrected chi connectivity index (χ3v) is 7.24. The van der Waals surface area contributed by atoms with Gasteiger partial charge >= 0.3 is 0 Å². The predicted molar refractivity (Wildman–Crippen MR) is 130 cm³/mol. The zero-order chi connectivity index (χ0) is 22.8. The SMILES string of the molecule is Cc1ccccc1-c1nnc(-c2ccc(C(=O)NCC(C)N3CCc4sccc4C3)cc2)o1. The van der Waals surface area contributed by atoms with Gasteiger partial charge in [-0.25, -0.2) is 0 Å². The van der Waals surface area contributed by atoms with Crippen LogP contribution in [0.15, 0.2) is 64.4 Å². The summed E-state index contributed by atoms with van der Waals surface area (Å²) in [6, 6.07) is 17.7. The highest BCUT2D eigenvalue weighted by molar-refractivity contribution is 7.10. The van der Waals surface area contributed by atoms with E-state index in [1.807, 2.05) is 54.7 Å². The Labute approximate surface area is 197 Å². The molecular weight excluding hydrogens is 432 g/mol. The molecule has 0 radical (unpaired) electrons. The summed E-state index contributed by atoms with van der Waals surface area (Å²) in [5.74, 6) is 0.852. The summed E-state index contributed by atoms with van der Waals surface area (Å²) < 4.78 is 5.87. The summed E-state index contributed by atoms with van der Waals surface area (Å²) in [6.07, 6.45) is 1.09. The molecule has 1 aliphatic heterocycles. The number of carbonyl (C=O) groups excluding carboxylic acids is 1. The van der Waals surface area contributed by atoms with Crippen molar-refractivity contribution in [3.8, 4) is 22.9 Å². The van der Waals surface area contributed by atoms with Gasteiger partial charge in [0, 0.05) is 47.2 Å². The Hall–Kier alpha value is -3.29. The average molecular weight is 459 g/mol. The van der Waals surface area contributed by atoms with Crippen molar-refractivity contribution in [2.45, 2.75) is 32.9 Å².